The molecule has 2 aliphatic heterocycles. The Bertz CT molecular complexity index is 1480. The van der Waals surface area contributed by atoms with Gasteiger partial charge in [-0.1, -0.05) is 29.8 Å². The van der Waals surface area contributed by atoms with Gasteiger partial charge < -0.3 is 20.6 Å². The standard InChI is InChI=1S/C27H25Cl2N7O4/c28-21-5-1-3-17(11-21)14-31-24(37)18-4-2-6-22(13-18)36(29)25(38)20-12-19-15-32-26(33-23(19)30-16-20)34-7-9-35(10-8-34)27(39)40/h1-6,11-13,15-16,26H,7-10,14H2,(H,30,33)(H,31,37)(H,39,40). The number of rotatable bonds is 6. The lowest BCUT2D eigenvalue weighted by atomic mass is 10.1. The Kier molecular flexibility index (Phi) is 8.15. The van der Waals surface area contributed by atoms with E-state index in [9.17, 15) is 14.4 Å². The first-order valence-electron chi connectivity index (χ1n) is 12.4. The third-order valence-corrected chi connectivity index (χ3v) is 7.15. The summed E-state index contributed by atoms with van der Waals surface area (Å²) in [6.45, 7) is 2.15. The number of aromatic nitrogens is 1. The summed E-state index contributed by atoms with van der Waals surface area (Å²) in [6.07, 6.45) is 1.74. The molecular formula is C27H25Cl2N7O4. The van der Waals surface area contributed by atoms with Gasteiger partial charge in [-0.15, -0.1) is 0 Å². The molecule has 0 saturated carbocycles. The summed E-state index contributed by atoms with van der Waals surface area (Å²) in [7, 11) is 0. The molecule has 206 valence electrons. The Morgan fingerprint density at radius 3 is 2.58 bits per heavy atom. The van der Waals surface area contributed by atoms with Crippen LogP contribution >= 0.6 is 23.4 Å². The fraction of sp³-hybridized carbons (Fsp3) is 0.222. The minimum atomic E-state index is -0.930. The van der Waals surface area contributed by atoms with Gasteiger partial charge in [-0.05, 0) is 42.0 Å². The van der Waals surface area contributed by atoms with Crippen LogP contribution < -0.4 is 15.1 Å². The number of carbonyl (C=O) groups is 3. The molecular weight excluding hydrogens is 557 g/mol. The van der Waals surface area contributed by atoms with Gasteiger partial charge in [-0.25, -0.2) is 14.2 Å². The van der Waals surface area contributed by atoms with Crippen LogP contribution in [0.4, 0.5) is 16.3 Å². The number of carbonyl (C=O) groups excluding carboxylic acids is 2. The van der Waals surface area contributed by atoms with Gasteiger partial charge in [0.05, 0.1) is 11.3 Å². The second kappa shape index (κ2) is 11.9. The number of anilines is 2. The summed E-state index contributed by atoms with van der Waals surface area (Å²) in [6, 6.07) is 15.3. The molecule has 1 aromatic heterocycles. The zero-order chi connectivity index (χ0) is 28.2. The van der Waals surface area contributed by atoms with Crippen molar-refractivity contribution in [3.63, 3.8) is 0 Å². The summed E-state index contributed by atoms with van der Waals surface area (Å²) in [4.78, 5) is 49.3. The molecule has 0 bridgehead atoms. The van der Waals surface area contributed by atoms with E-state index in [1.165, 1.54) is 17.2 Å². The molecule has 0 radical (unpaired) electrons. The molecule has 11 nitrogen and oxygen atoms in total. The smallest absolute Gasteiger partial charge is 0.407 e. The SMILES string of the molecule is O=C(NCc1cccc(Cl)c1)c1cccc(N(Cl)C(=O)c2cnc3c(c2)C=NC(N2CCN(C(=O)O)CC2)N3)c1. The lowest BCUT2D eigenvalue weighted by molar-refractivity contribution is 0.0922. The first-order valence-corrected chi connectivity index (χ1v) is 13.1. The fourth-order valence-electron chi connectivity index (χ4n) is 4.40. The molecule has 3 N–H and O–H groups in total. The Labute approximate surface area is 240 Å². The van der Waals surface area contributed by atoms with Gasteiger partial charge in [0.25, 0.3) is 11.8 Å². The van der Waals surface area contributed by atoms with E-state index in [0.29, 0.717) is 60.4 Å². The zero-order valence-corrected chi connectivity index (χ0v) is 22.6. The van der Waals surface area contributed by atoms with Crippen molar-refractivity contribution in [1.29, 1.82) is 0 Å². The van der Waals surface area contributed by atoms with Gasteiger partial charge in [-0.2, -0.15) is 0 Å². The van der Waals surface area contributed by atoms with E-state index >= 15 is 0 Å². The predicted molar refractivity (Wildman–Crippen MR) is 152 cm³/mol. The molecule has 2 aromatic carbocycles. The van der Waals surface area contributed by atoms with E-state index in [2.05, 4.69) is 20.6 Å². The van der Waals surface area contributed by atoms with Crippen LogP contribution in [0, 0.1) is 0 Å². The maximum absolute atomic E-state index is 13.2. The number of amides is 3. The molecule has 3 aromatic rings. The van der Waals surface area contributed by atoms with E-state index in [1.54, 1.807) is 42.6 Å². The van der Waals surface area contributed by atoms with Crippen molar-refractivity contribution in [3.8, 4) is 0 Å². The monoisotopic (exact) mass is 581 g/mol. The quantitative estimate of drug-likeness (QED) is 0.376. The number of halogens is 2. The summed E-state index contributed by atoms with van der Waals surface area (Å²) < 4.78 is 0.940. The number of carboxylic acid groups (broad SMARTS) is 1. The summed E-state index contributed by atoms with van der Waals surface area (Å²) in [5.41, 5.74) is 2.38. The van der Waals surface area contributed by atoms with Gasteiger partial charge >= 0.3 is 6.09 Å². The van der Waals surface area contributed by atoms with Crippen molar-refractivity contribution in [3.05, 3.63) is 88.1 Å². The molecule has 1 fully saturated rings. The highest BCUT2D eigenvalue weighted by molar-refractivity contribution is 6.39. The number of nitrogens with one attached hydrogen (secondary N) is 2. The van der Waals surface area contributed by atoms with Gasteiger partial charge in [0.15, 0.2) is 6.29 Å². The molecule has 0 spiro atoms. The van der Waals surface area contributed by atoms with Crippen LogP contribution in [0.2, 0.25) is 5.02 Å². The molecule has 1 unspecified atom stereocenters. The number of aliphatic imine (C=N–C) groups is 1. The van der Waals surface area contributed by atoms with Crippen LogP contribution in [-0.4, -0.2) is 76.5 Å². The molecule has 3 heterocycles. The van der Waals surface area contributed by atoms with Crippen molar-refractivity contribution in [2.24, 2.45) is 4.99 Å². The van der Waals surface area contributed by atoms with Gasteiger partial charge in [-0.3, -0.25) is 19.5 Å². The van der Waals surface area contributed by atoms with Gasteiger partial charge in [0, 0.05) is 73.1 Å². The van der Waals surface area contributed by atoms with E-state index in [1.807, 2.05) is 17.0 Å². The normalized spacial score (nSPS) is 16.6. The van der Waals surface area contributed by atoms with Crippen molar-refractivity contribution in [2.45, 2.75) is 12.8 Å². The maximum Gasteiger partial charge on any atom is 0.407 e. The predicted octanol–water partition coefficient (Wildman–Crippen LogP) is 3.89. The van der Waals surface area contributed by atoms with Crippen LogP contribution in [0.3, 0.4) is 0 Å². The van der Waals surface area contributed by atoms with Crippen LogP contribution in [-0.2, 0) is 6.54 Å². The largest absolute Gasteiger partial charge is 0.465 e. The Balaban J connectivity index is 1.22. The Hall–Kier alpha value is -4.19. The molecule has 1 atom stereocenters. The molecule has 13 heteroatoms. The number of pyridine rings is 1. The molecule has 5 rings (SSSR count). The zero-order valence-electron chi connectivity index (χ0n) is 21.1. The lowest BCUT2D eigenvalue weighted by Crippen LogP contribution is -2.53. The van der Waals surface area contributed by atoms with Crippen molar-refractivity contribution in [2.75, 3.05) is 35.9 Å². The van der Waals surface area contributed by atoms with Crippen molar-refractivity contribution in [1.82, 2.24) is 20.1 Å². The molecule has 40 heavy (non-hydrogen) atoms. The number of hydrogen-bond donors (Lipinski definition) is 3. The molecule has 1 saturated heterocycles. The third-order valence-electron chi connectivity index (χ3n) is 6.57. The number of piperazine rings is 1. The second-order valence-electron chi connectivity index (χ2n) is 9.21. The van der Waals surface area contributed by atoms with E-state index in [-0.39, 0.29) is 17.8 Å². The number of fused-ring (bicyclic) bond motifs is 1. The van der Waals surface area contributed by atoms with Crippen LogP contribution in [0.15, 0.2) is 65.8 Å². The Morgan fingerprint density at radius 2 is 1.82 bits per heavy atom. The average molecular weight is 582 g/mol. The van der Waals surface area contributed by atoms with Gasteiger partial charge in [0.1, 0.15) is 5.82 Å². The van der Waals surface area contributed by atoms with Crippen LogP contribution in [0.1, 0.15) is 31.8 Å². The fourth-order valence-corrected chi connectivity index (χ4v) is 4.82. The third kappa shape index (κ3) is 6.17. The van der Waals surface area contributed by atoms with Crippen LogP contribution in [0.25, 0.3) is 0 Å². The van der Waals surface area contributed by atoms with Crippen molar-refractivity contribution >= 4 is 59.0 Å². The van der Waals surface area contributed by atoms with E-state index in [4.69, 9.17) is 28.5 Å². The minimum Gasteiger partial charge on any atom is -0.465 e. The van der Waals surface area contributed by atoms with Crippen LogP contribution in [0.5, 0.6) is 0 Å². The first-order chi connectivity index (χ1) is 19.3. The number of nitrogens with zero attached hydrogens (tertiary/aromatic N) is 5. The van der Waals surface area contributed by atoms with E-state index < -0.39 is 12.0 Å². The first kappa shape index (κ1) is 27.4. The summed E-state index contributed by atoms with van der Waals surface area (Å²) in [5.74, 6) is -0.290. The van der Waals surface area contributed by atoms with E-state index in [0.717, 1.165) is 9.98 Å². The highest BCUT2D eigenvalue weighted by atomic mass is 35.5. The molecule has 2 aliphatic rings. The second-order valence-corrected chi connectivity index (χ2v) is 9.99. The number of benzene rings is 2. The minimum absolute atomic E-state index is 0.242. The Morgan fingerprint density at radius 1 is 1.05 bits per heavy atom. The van der Waals surface area contributed by atoms with Crippen molar-refractivity contribution < 1.29 is 19.5 Å². The summed E-state index contributed by atoms with van der Waals surface area (Å²) >= 11 is 12.4. The van der Waals surface area contributed by atoms with Gasteiger partial charge in [0.2, 0.25) is 0 Å². The number of hydrogen-bond acceptors (Lipinski definition) is 7. The lowest BCUT2D eigenvalue weighted by Gasteiger charge is -2.37. The highest BCUT2D eigenvalue weighted by Crippen LogP contribution is 2.24. The average Bonchev–Trinajstić information content (AvgIpc) is 2.98. The maximum atomic E-state index is 13.2. The topological polar surface area (TPSA) is 130 Å². The molecule has 3 amide bonds. The highest BCUT2D eigenvalue weighted by Gasteiger charge is 2.28. The summed E-state index contributed by atoms with van der Waals surface area (Å²) in [5, 5.41) is 15.8. The molecule has 0 aliphatic carbocycles.